The minimum absolute atomic E-state index is 0.226. The number of nitrogens with zero attached hydrogens (tertiary/aromatic N) is 2. The molecule has 1 fully saturated rings. The molecule has 1 saturated heterocycles. The van der Waals surface area contributed by atoms with Gasteiger partial charge in [-0.2, -0.15) is 0 Å². The molecule has 1 aliphatic rings. The zero-order valence-corrected chi connectivity index (χ0v) is 12.3. The number of nitrogens with one attached hydrogen (secondary N) is 1. The van der Waals surface area contributed by atoms with Gasteiger partial charge in [0.25, 0.3) is 0 Å². The molecule has 5 heteroatoms. The summed E-state index contributed by atoms with van der Waals surface area (Å²) >= 11 is 5.93. The van der Waals surface area contributed by atoms with Crippen molar-refractivity contribution in [3.05, 3.63) is 34.6 Å². The fourth-order valence-corrected chi connectivity index (χ4v) is 2.57. The summed E-state index contributed by atoms with van der Waals surface area (Å²) < 4.78 is 13.3. The van der Waals surface area contributed by atoms with Crippen LogP contribution in [0.3, 0.4) is 0 Å². The van der Waals surface area contributed by atoms with Crippen molar-refractivity contribution in [1.29, 1.82) is 0 Å². The summed E-state index contributed by atoms with van der Waals surface area (Å²) in [4.78, 5) is 4.70. The first-order valence-corrected chi connectivity index (χ1v) is 6.98. The lowest BCUT2D eigenvalue weighted by molar-refractivity contribution is 0.113. The molecule has 19 heavy (non-hydrogen) atoms. The van der Waals surface area contributed by atoms with Crippen molar-refractivity contribution in [2.45, 2.75) is 12.6 Å². The molecule has 0 bridgehead atoms. The van der Waals surface area contributed by atoms with Crippen LogP contribution in [-0.4, -0.2) is 56.1 Å². The maximum atomic E-state index is 13.3. The molecule has 106 valence electrons. The van der Waals surface area contributed by atoms with Crippen LogP contribution >= 0.6 is 11.6 Å². The Balaban J connectivity index is 1.84. The van der Waals surface area contributed by atoms with Crippen molar-refractivity contribution in [2.75, 3.05) is 40.3 Å². The second-order valence-corrected chi connectivity index (χ2v) is 5.62. The summed E-state index contributed by atoms with van der Waals surface area (Å²) in [7, 11) is 4.29. The first-order valence-electron chi connectivity index (χ1n) is 6.60. The van der Waals surface area contributed by atoms with Crippen LogP contribution in [0.5, 0.6) is 0 Å². The number of hydrogen-bond donors (Lipinski definition) is 1. The van der Waals surface area contributed by atoms with Gasteiger partial charge in [-0.25, -0.2) is 4.39 Å². The van der Waals surface area contributed by atoms with Crippen LogP contribution < -0.4 is 5.32 Å². The van der Waals surface area contributed by atoms with Gasteiger partial charge in [-0.05, 0) is 25.7 Å². The summed E-state index contributed by atoms with van der Waals surface area (Å²) in [5.74, 6) is -0.351. The minimum atomic E-state index is -0.351. The second-order valence-electron chi connectivity index (χ2n) is 5.24. The number of likely N-dealkylation sites (N-methyl/N-ethyl adjacent to an activating group) is 2. The van der Waals surface area contributed by atoms with Gasteiger partial charge < -0.3 is 10.2 Å². The molecule has 0 aliphatic carbocycles. The Morgan fingerprint density at radius 2 is 2.16 bits per heavy atom. The van der Waals surface area contributed by atoms with E-state index in [0.29, 0.717) is 12.6 Å². The predicted molar refractivity (Wildman–Crippen MR) is 77.0 cm³/mol. The fourth-order valence-electron chi connectivity index (χ4n) is 2.38. The van der Waals surface area contributed by atoms with E-state index in [-0.39, 0.29) is 10.8 Å². The van der Waals surface area contributed by atoms with Crippen LogP contribution in [0.4, 0.5) is 4.39 Å². The average Bonchev–Trinajstić information content (AvgIpc) is 2.38. The molecule has 3 nitrogen and oxygen atoms in total. The third-order valence-corrected chi connectivity index (χ3v) is 4.13. The van der Waals surface area contributed by atoms with Crippen molar-refractivity contribution < 1.29 is 4.39 Å². The van der Waals surface area contributed by atoms with Gasteiger partial charge in [0.15, 0.2) is 0 Å². The van der Waals surface area contributed by atoms with E-state index in [1.807, 2.05) is 6.07 Å². The molecule has 1 aromatic carbocycles. The van der Waals surface area contributed by atoms with Gasteiger partial charge >= 0.3 is 0 Å². The molecule has 0 radical (unpaired) electrons. The number of benzene rings is 1. The van der Waals surface area contributed by atoms with Gasteiger partial charge in [0.1, 0.15) is 5.82 Å². The summed E-state index contributed by atoms with van der Waals surface area (Å²) in [6.45, 7) is 4.74. The Hall–Kier alpha value is -0.680. The Labute approximate surface area is 119 Å². The van der Waals surface area contributed by atoms with Gasteiger partial charge in [0, 0.05) is 38.8 Å². The maximum absolute atomic E-state index is 13.3. The summed E-state index contributed by atoms with van der Waals surface area (Å²) in [5, 5.41) is 3.60. The van der Waals surface area contributed by atoms with Crippen LogP contribution in [0.2, 0.25) is 5.02 Å². The van der Waals surface area contributed by atoms with E-state index in [0.717, 1.165) is 31.7 Å². The Kier molecular flexibility index (Phi) is 5.16. The van der Waals surface area contributed by atoms with E-state index in [1.54, 1.807) is 6.07 Å². The number of rotatable bonds is 4. The molecule has 0 spiro atoms. The molecule has 0 amide bonds. The molecule has 1 aliphatic heterocycles. The van der Waals surface area contributed by atoms with E-state index in [4.69, 9.17) is 11.6 Å². The monoisotopic (exact) mass is 285 g/mol. The normalized spacial score (nSPS) is 21.8. The number of piperazine rings is 1. The van der Waals surface area contributed by atoms with Crippen LogP contribution in [0, 0.1) is 5.82 Å². The highest BCUT2D eigenvalue weighted by Gasteiger charge is 2.21. The number of hydrogen-bond acceptors (Lipinski definition) is 3. The first-order chi connectivity index (χ1) is 9.08. The van der Waals surface area contributed by atoms with Crippen molar-refractivity contribution in [2.24, 2.45) is 0 Å². The van der Waals surface area contributed by atoms with E-state index in [9.17, 15) is 4.39 Å². The molecule has 0 aromatic heterocycles. The third-order valence-electron chi connectivity index (χ3n) is 3.71. The van der Waals surface area contributed by atoms with Crippen LogP contribution in [0.15, 0.2) is 18.2 Å². The van der Waals surface area contributed by atoms with Crippen molar-refractivity contribution in [3.63, 3.8) is 0 Å². The summed E-state index contributed by atoms with van der Waals surface area (Å²) in [6.07, 6.45) is 0. The Morgan fingerprint density at radius 1 is 1.37 bits per heavy atom. The molecule has 0 saturated carbocycles. The van der Waals surface area contributed by atoms with E-state index in [1.165, 1.54) is 6.07 Å². The molecule has 1 aromatic rings. The Bertz CT molecular complexity index is 427. The Morgan fingerprint density at radius 3 is 2.95 bits per heavy atom. The van der Waals surface area contributed by atoms with E-state index in [2.05, 4.69) is 29.2 Å². The largest absolute Gasteiger partial charge is 0.311 e. The molecule has 1 unspecified atom stereocenters. The summed E-state index contributed by atoms with van der Waals surface area (Å²) in [5.41, 5.74) is 0.813. The van der Waals surface area contributed by atoms with Crippen LogP contribution in [0.1, 0.15) is 5.56 Å². The van der Waals surface area contributed by atoms with Crippen LogP contribution in [-0.2, 0) is 6.54 Å². The van der Waals surface area contributed by atoms with Gasteiger partial charge in [0.2, 0.25) is 0 Å². The lowest BCUT2D eigenvalue weighted by atomic mass is 10.1. The zero-order valence-electron chi connectivity index (χ0n) is 11.5. The molecule has 1 heterocycles. The molecular weight excluding hydrogens is 265 g/mol. The van der Waals surface area contributed by atoms with E-state index >= 15 is 0 Å². The topological polar surface area (TPSA) is 18.5 Å². The van der Waals surface area contributed by atoms with Gasteiger partial charge in [-0.3, -0.25) is 4.90 Å². The SMILES string of the molecule is CN1CCN(C)C(CNCc2cccc(F)c2Cl)C1. The maximum Gasteiger partial charge on any atom is 0.142 e. The zero-order chi connectivity index (χ0) is 13.8. The lowest BCUT2D eigenvalue weighted by Crippen LogP contribution is -2.53. The van der Waals surface area contributed by atoms with E-state index < -0.39 is 0 Å². The van der Waals surface area contributed by atoms with Crippen molar-refractivity contribution >= 4 is 11.6 Å². The molecule has 2 rings (SSSR count). The van der Waals surface area contributed by atoms with Crippen molar-refractivity contribution in [3.8, 4) is 0 Å². The van der Waals surface area contributed by atoms with Crippen molar-refractivity contribution in [1.82, 2.24) is 15.1 Å². The second kappa shape index (κ2) is 6.66. The number of halogens is 2. The third kappa shape index (κ3) is 3.89. The van der Waals surface area contributed by atoms with Gasteiger partial charge in [0.05, 0.1) is 5.02 Å². The van der Waals surface area contributed by atoms with Gasteiger partial charge in [-0.1, -0.05) is 23.7 Å². The highest BCUT2D eigenvalue weighted by atomic mass is 35.5. The minimum Gasteiger partial charge on any atom is -0.311 e. The summed E-state index contributed by atoms with van der Waals surface area (Å²) in [6, 6.07) is 5.43. The fraction of sp³-hybridized carbons (Fsp3) is 0.571. The average molecular weight is 286 g/mol. The first kappa shape index (κ1) is 14.7. The van der Waals surface area contributed by atoms with Crippen LogP contribution in [0.25, 0.3) is 0 Å². The lowest BCUT2D eigenvalue weighted by Gasteiger charge is -2.37. The standard InChI is InChI=1S/C14H21ClFN3/c1-18-6-7-19(2)12(10-18)9-17-8-11-4-3-5-13(16)14(11)15/h3-5,12,17H,6-10H2,1-2H3. The smallest absolute Gasteiger partial charge is 0.142 e. The highest BCUT2D eigenvalue weighted by Crippen LogP contribution is 2.19. The highest BCUT2D eigenvalue weighted by molar-refractivity contribution is 6.31. The molecule has 1 atom stereocenters. The quantitative estimate of drug-likeness (QED) is 0.910. The predicted octanol–water partition coefficient (Wildman–Crippen LogP) is 1.81. The molecule has 1 N–H and O–H groups in total. The molecular formula is C14H21ClFN3. The van der Waals surface area contributed by atoms with Gasteiger partial charge in [-0.15, -0.1) is 0 Å².